The molecule has 0 spiro atoms. The summed E-state index contributed by atoms with van der Waals surface area (Å²) >= 11 is 1.50. The van der Waals surface area contributed by atoms with E-state index in [2.05, 4.69) is 32.0 Å². The highest BCUT2D eigenvalue weighted by atomic mass is 32.1. The molecule has 1 aliphatic heterocycles. The van der Waals surface area contributed by atoms with Crippen molar-refractivity contribution >= 4 is 27.4 Å². The number of fused-ring (bicyclic) bond motifs is 1. The Morgan fingerprint density at radius 2 is 2.07 bits per heavy atom. The number of hydrogen-bond donors (Lipinski definition) is 2. The van der Waals surface area contributed by atoms with Crippen LogP contribution in [0.3, 0.4) is 0 Å². The summed E-state index contributed by atoms with van der Waals surface area (Å²) in [6.45, 7) is 5.12. The van der Waals surface area contributed by atoms with Gasteiger partial charge in [0.1, 0.15) is 0 Å². The van der Waals surface area contributed by atoms with Crippen molar-refractivity contribution in [1.82, 2.24) is 14.9 Å². The molecule has 6 nitrogen and oxygen atoms in total. The van der Waals surface area contributed by atoms with Crippen LogP contribution < -0.4 is 4.90 Å². The lowest BCUT2D eigenvalue weighted by atomic mass is 10.1. The number of aromatic nitrogens is 2. The predicted molar refractivity (Wildman–Crippen MR) is 108 cm³/mol. The first kappa shape index (κ1) is 17.8. The van der Waals surface area contributed by atoms with Crippen LogP contribution in [-0.4, -0.2) is 52.7 Å². The van der Waals surface area contributed by atoms with Gasteiger partial charge in [-0.2, -0.15) is 10.2 Å². The molecule has 0 amide bonds. The van der Waals surface area contributed by atoms with E-state index >= 15 is 0 Å². The standard InChI is InChI=1S/C20H23N5OS/c21-12-15-4-5-18-17(11-15)16(13-22-18)3-1-2-6-24-7-9-25(10-8-24)20-23-19(26)14-27-20/h4-5,11,13-14,22,26H,1-3,6-10H2. The fourth-order valence-corrected chi connectivity index (χ4v) is 4.41. The SMILES string of the molecule is N#Cc1ccc2[nH]cc(CCCCN3CCN(c4nc(O)cs4)CC3)c2c1. The number of thiazole rings is 1. The molecule has 3 aromatic rings. The lowest BCUT2D eigenvalue weighted by Crippen LogP contribution is -2.46. The molecule has 0 unspecified atom stereocenters. The van der Waals surface area contributed by atoms with Crippen LogP contribution in [0.5, 0.6) is 5.88 Å². The number of piperazine rings is 1. The summed E-state index contributed by atoms with van der Waals surface area (Å²) in [6, 6.07) is 8.05. The lowest BCUT2D eigenvalue weighted by Gasteiger charge is -2.34. The van der Waals surface area contributed by atoms with Gasteiger partial charge in [0.2, 0.25) is 5.88 Å². The molecular weight excluding hydrogens is 358 g/mol. The van der Waals surface area contributed by atoms with Crippen molar-refractivity contribution in [3.8, 4) is 11.9 Å². The number of benzene rings is 1. The number of nitriles is 1. The summed E-state index contributed by atoms with van der Waals surface area (Å²) in [6.07, 6.45) is 5.42. The number of rotatable bonds is 6. The molecule has 0 bridgehead atoms. The van der Waals surface area contributed by atoms with Gasteiger partial charge in [-0.25, -0.2) is 0 Å². The Morgan fingerprint density at radius 3 is 2.81 bits per heavy atom. The fourth-order valence-electron chi connectivity index (χ4n) is 3.67. The maximum absolute atomic E-state index is 9.40. The second kappa shape index (κ2) is 7.99. The molecular formula is C20H23N5OS. The van der Waals surface area contributed by atoms with E-state index in [1.807, 2.05) is 18.2 Å². The first-order valence-corrected chi connectivity index (χ1v) is 10.2. The molecule has 27 heavy (non-hydrogen) atoms. The van der Waals surface area contributed by atoms with Crippen LogP contribution in [0.15, 0.2) is 29.8 Å². The summed E-state index contributed by atoms with van der Waals surface area (Å²) in [7, 11) is 0. The molecule has 140 valence electrons. The van der Waals surface area contributed by atoms with Gasteiger partial charge in [0.25, 0.3) is 0 Å². The van der Waals surface area contributed by atoms with Crippen LogP contribution in [0, 0.1) is 11.3 Å². The van der Waals surface area contributed by atoms with E-state index in [4.69, 9.17) is 5.26 Å². The number of H-pyrrole nitrogens is 1. The second-order valence-electron chi connectivity index (χ2n) is 6.96. The van der Waals surface area contributed by atoms with E-state index < -0.39 is 0 Å². The number of unbranched alkanes of at least 4 members (excludes halogenated alkanes) is 1. The number of aromatic hydroxyl groups is 1. The zero-order valence-electron chi connectivity index (χ0n) is 15.2. The quantitative estimate of drug-likeness (QED) is 0.640. The topological polar surface area (TPSA) is 79.2 Å². The Kier molecular flexibility index (Phi) is 5.28. The Labute approximate surface area is 162 Å². The minimum atomic E-state index is 0.122. The van der Waals surface area contributed by atoms with E-state index in [0.29, 0.717) is 0 Å². The van der Waals surface area contributed by atoms with Crippen LogP contribution in [0.25, 0.3) is 10.9 Å². The zero-order chi connectivity index (χ0) is 18.6. The molecule has 0 atom stereocenters. The van der Waals surface area contributed by atoms with Gasteiger partial charge in [-0.05, 0) is 49.6 Å². The molecule has 3 heterocycles. The third-order valence-corrected chi connectivity index (χ3v) is 6.08. The van der Waals surface area contributed by atoms with Gasteiger partial charge in [0, 0.05) is 43.3 Å². The highest BCUT2D eigenvalue weighted by Gasteiger charge is 2.19. The average Bonchev–Trinajstić information content (AvgIpc) is 3.31. The summed E-state index contributed by atoms with van der Waals surface area (Å²) in [5.41, 5.74) is 3.12. The fraction of sp³-hybridized carbons (Fsp3) is 0.400. The lowest BCUT2D eigenvalue weighted by molar-refractivity contribution is 0.253. The molecule has 0 saturated carbocycles. The molecule has 0 aliphatic carbocycles. The molecule has 1 aliphatic rings. The van der Waals surface area contributed by atoms with Gasteiger partial charge in [-0.1, -0.05) is 0 Å². The van der Waals surface area contributed by atoms with Crippen molar-refractivity contribution in [1.29, 1.82) is 5.26 Å². The summed E-state index contributed by atoms with van der Waals surface area (Å²) < 4.78 is 0. The van der Waals surface area contributed by atoms with E-state index in [-0.39, 0.29) is 5.88 Å². The number of anilines is 1. The van der Waals surface area contributed by atoms with Crippen molar-refractivity contribution in [3.63, 3.8) is 0 Å². The number of hydrogen-bond acceptors (Lipinski definition) is 6. The van der Waals surface area contributed by atoms with Gasteiger partial charge in [0.15, 0.2) is 5.13 Å². The van der Waals surface area contributed by atoms with Crippen molar-refractivity contribution in [3.05, 3.63) is 40.9 Å². The maximum Gasteiger partial charge on any atom is 0.223 e. The van der Waals surface area contributed by atoms with Crippen LogP contribution in [0.1, 0.15) is 24.0 Å². The third kappa shape index (κ3) is 4.07. The third-order valence-electron chi connectivity index (χ3n) is 5.19. The van der Waals surface area contributed by atoms with Gasteiger partial charge >= 0.3 is 0 Å². The van der Waals surface area contributed by atoms with Crippen LogP contribution in [0.2, 0.25) is 0 Å². The molecule has 4 rings (SSSR count). The maximum atomic E-state index is 9.40. The van der Waals surface area contributed by atoms with Crippen LogP contribution >= 0.6 is 11.3 Å². The molecule has 2 N–H and O–H groups in total. The van der Waals surface area contributed by atoms with Gasteiger partial charge < -0.3 is 15.0 Å². The Bertz CT molecular complexity index is 949. The highest BCUT2D eigenvalue weighted by Crippen LogP contribution is 2.25. The number of nitrogens with zero attached hydrogens (tertiary/aromatic N) is 4. The van der Waals surface area contributed by atoms with Crippen LogP contribution in [0.4, 0.5) is 5.13 Å². The van der Waals surface area contributed by atoms with E-state index in [1.165, 1.54) is 28.7 Å². The van der Waals surface area contributed by atoms with Gasteiger partial charge in [0.05, 0.1) is 17.0 Å². The van der Waals surface area contributed by atoms with Crippen molar-refractivity contribution in [2.24, 2.45) is 0 Å². The smallest absolute Gasteiger partial charge is 0.223 e. The Hall–Kier alpha value is -2.56. The monoisotopic (exact) mass is 381 g/mol. The zero-order valence-corrected chi connectivity index (χ0v) is 16.0. The summed E-state index contributed by atoms with van der Waals surface area (Å²) in [5.74, 6) is 0.122. The first-order valence-electron chi connectivity index (χ1n) is 9.35. The van der Waals surface area contributed by atoms with E-state index in [0.717, 1.165) is 61.8 Å². The predicted octanol–water partition coefficient (Wildman–Crippen LogP) is 3.35. The molecule has 0 radical (unpaired) electrons. The molecule has 1 saturated heterocycles. The van der Waals surface area contributed by atoms with Crippen molar-refractivity contribution in [2.45, 2.75) is 19.3 Å². The molecule has 1 aromatic carbocycles. The van der Waals surface area contributed by atoms with Gasteiger partial charge in [-0.15, -0.1) is 11.3 Å². The number of aryl methyl sites for hydroxylation is 1. The number of aromatic amines is 1. The minimum Gasteiger partial charge on any atom is -0.493 e. The van der Waals surface area contributed by atoms with E-state index in [9.17, 15) is 5.11 Å². The average molecular weight is 382 g/mol. The first-order chi connectivity index (χ1) is 13.2. The van der Waals surface area contributed by atoms with Crippen molar-refractivity contribution in [2.75, 3.05) is 37.6 Å². The Balaban J connectivity index is 1.23. The second-order valence-corrected chi connectivity index (χ2v) is 7.80. The largest absolute Gasteiger partial charge is 0.493 e. The minimum absolute atomic E-state index is 0.122. The van der Waals surface area contributed by atoms with E-state index in [1.54, 1.807) is 5.38 Å². The highest BCUT2D eigenvalue weighted by molar-refractivity contribution is 7.13. The van der Waals surface area contributed by atoms with Crippen LogP contribution in [-0.2, 0) is 6.42 Å². The summed E-state index contributed by atoms with van der Waals surface area (Å²) in [5, 5.41) is 22.3. The Morgan fingerprint density at radius 1 is 1.22 bits per heavy atom. The van der Waals surface area contributed by atoms with Gasteiger partial charge in [-0.3, -0.25) is 4.90 Å². The summed E-state index contributed by atoms with van der Waals surface area (Å²) in [4.78, 5) is 12.2. The van der Waals surface area contributed by atoms with Crippen molar-refractivity contribution < 1.29 is 5.11 Å². The molecule has 7 heteroatoms. The normalized spacial score (nSPS) is 15.3. The number of nitrogens with one attached hydrogen (secondary N) is 1. The molecule has 2 aromatic heterocycles. The molecule has 1 fully saturated rings.